The molecular formula is C20H14F4N2O4S. The largest absolute Gasteiger partial charge is 0.573 e. The predicted octanol–water partition coefficient (Wildman–Crippen LogP) is 4.78. The molecular weight excluding hydrogens is 440 g/mol. The lowest BCUT2D eigenvalue weighted by Crippen LogP contribution is -2.17. The highest BCUT2D eigenvalue weighted by Crippen LogP contribution is 2.24. The van der Waals surface area contributed by atoms with Gasteiger partial charge in [0.15, 0.2) is 0 Å². The fourth-order valence-corrected chi connectivity index (χ4v) is 3.58. The fourth-order valence-electron chi connectivity index (χ4n) is 2.48. The van der Waals surface area contributed by atoms with Crippen LogP contribution in [0.4, 0.5) is 28.9 Å². The summed E-state index contributed by atoms with van der Waals surface area (Å²) < 4.78 is 80.7. The monoisotopic (exact) mass is 454 g/mol. The van der Waals surface area contributed by atoms with E-state index >= 15 is 0 Å². The molecule has 0 radical (unpaired) electrons. The Labute approximate surface area is 174 Å². The van der Waals surface area contributed by atoms with Crippen LogP contribution in [0.3, 0.4) is 0 Å². The van der Waals surface area contributed by atoms with E-state index in [0.717, 1.165) is 30.3 Å². The first-order valence-corrected chi connectivity index (χ1v) is 10.1. The summed E-state index contributed by atoms with van der Waals surface area (Å²) in [5.41, 5.74) is 0.312. The number of nitrogens with one attached hydrogen (secondary N) is 2. The van der Waals surface area contributed by atoms with Crippen molar-refractivity contribution in [2.45, 2.75) is 11.3 Å². The van der Waals surface area contributed by atoms with Crippen molar-refractivity contribution >= 4 is 27.3 Å². The van der Waals surface area contributed by atoms with Crippen LogP contribution in [-0.4, -0.2) is 20.7 Å². The zero-order valence-electron chi connectivity index (χ0n) is 15.5. The van der Waals surface area contributed by atoms with Crippen molar-refractivity contribution in [3.05, 3.63) is 84.2 Å². The second-order valence-corrected chi connectivity index (χ2v) is 7.85. The normalized spacial score (nSPS) is 11.6. The van der Waals surface area contributed by atoms with E-state index in [1.165, 1.54) is 42.5 Å². The summed E-state index contributed by atoms with van der Waals surface area (Å²) in [6.45, 7) is 0. The van der Waals surface area contributed by atoms with Crippen molar-refractivity contribution in [2.75, 3.05) is 10.0 Å². The minimum atomic E-state index is -4.83. The van der Waals surface area contributed by atoms with Gasteiger partial charge in [-0.05, 0) is 66.7 Å². The first-order chi connectivity index (χ1) is 14.5. The molecule has 0 atom stereocenters. The highest BCUT2D eigenvalue weighted by molar-refractivity contribution is 7.92. The summed E-state index contributed by atoms with van der Waals surface area (Å²) in [7, 11) is -4.05. The number of rotatable bonds is 6. The Balaban J connectivity index is 1.73. The summed E-state index contributed by atoms with van der Waals surface area (Å²) in [4.78, 5) is 12.2. The van der Waals surface area contributed by atoms with E-state index in [2.05, 4.69) is 14.8 Å². The molecule has 0 aromatic heterocycles. The number of alkyl halides is 3. The quantitative estimate of drug-likeness (QED) is 0.525. The van der Waals surface area contributed by atoms with Gasteiger partial charge in [-0.1, -0.05) is 6.07 Å². The van der Waals surface area contributed by atoms with Crippen molar-refractivity contribution in [3.8, 4) is 5.75 Å². The lowest BCUT2D eigenvalue weighted by Gasteiger charge is -2.11. The van der Waals surface area contributed by atoms with Crippen LogP contribution in [0.1, 0.15) is 10.4 Å². The smallest absolute Gasteiger partial charge is 0.406 e. The maximum Gasteiger partial charge on any atom is 0.573 e. The number of amides is 1. The minimum absolute atomic E-state index is 0.00222. The van der Waals surface area contributed by atoms with Crippen LogP contribution in [-0.2, 0) is 10.0 Å². The number of hydrogen-bond donors (Lipinski definition) is 2. The van der Waals surface area contributed by atoms with Crippen molar-refractivity contribution in [3.63, 3.8) is 0 Å². The third kappa shape index (κ3) is 6.19. The van der Waals surface area contributed by atoms with Crippen LogP contribution in [0.5, 0.6) is 5.75 Å². The van der Waals surface area contributed by atoms with Gasteiger partial charge in [0.05, 0.1) is 4.90 Å². The summed E-state index contributed by atoms with van der Waals surface area (Å²) in [5, 5.41) is 2.45. The molecule has 0 unspecified atom stereocenters. The van der Waals surface area contributed by atoms with Crippen molar-refractivity contribution < 1.29 is 35.5 Å². The summed E-state index contributed by atoms with van der Waals surface area (Å²) >= 11 is 0. The molecule has 0 bridgehead atoms. The van der Waals surface area contributed by atoms with Crippen LogP contribution >= 0.6 is 0 Å². The molecule has 2 N–H and O–H groups in total. The fraction of sp³-hybridized carbons (Fsp3) is 0.0500. The van der Waals surface area contributed by atoms with E-state index in [-0.39, 0.29) is 21.8 Å². The number of benzene rings is 3. The van der Waals surface area contributed by atoms with Crippen molar-refractivity contribution in [1.82, 2.24) is 0 Å². The molecule has 0 spiro atoms. The average molecular weight is 454 g/mol. The first-order valence-electron chi connectivity index (χ1n) is 8.57. The van der Waals surface area contributed by atoms with Gasteiger partial charge in [0.1, 0.15) is 11.6 Å². The second kappa shape index (κ2) is 8.64. The van der Waals surface area contributed by atoms with E-state index in [9.17, 15) is 30.8 Å². The number of sulfonamides is 1. The Kier molecular flexibility index (Phi) is 6.16. The Morgan fingerprint density at radius 1 is 0.871 bits per heavy atom. The molecule has 0 aliphatic carbocycles. The molecule has 3 rings (SSSR count). The SMILES string of the molecule is O=C(Nc1ccc(OC(F)(F)F)cc1)c1cccc(S(=O)(=O)Nc2ccc(F)cc2)c1. The summed E-state index contributed by atoms with van der Waals surface area (Å²) in [6.07, 6.45) is -4.83. The lowest BCUT2D eigenvalue weighted by atomic mass is 10.2. The topological polar surface area (TPSA) is 84.5 Å². The van der Waals surface area contributed by atoms with Gasteiger partial charge in [-0.25, -0.2) is 12.8 Å². The Hall–Kier alpha value is -3.60. The molecule has 11 heteroatoms. The van der Waals surface area contributed by atoms with E-state index in [1.807, 2.05) is 0 Å². The van der Waals surface area contributed by atoms with Crippen LogP contribution in [0.15, 0.2) is 77.7 Å². The van der Waals surface area contributed by atoms with Crippen molar-refractivity contribution in [2.24, 2.45) is 0 Å². The second-order valence-electron chi connectivity index (χ2n) is 6.17. The molecule has 0 aliphatic rings. The number of halogens is 4. The molecule has 0 heterocycles. The third-order valence-corrected chi connectivity index (χ3v) is 5.23. The van der Waals surface area contributed by atoms with Gasteiger partial charge in [-0.3, -0.25) is 9.52 Å². The van der Waals surface area contributed by atoms with Crippen LogP contribution in [0.2, 0.25) is 0 Å². The molecule has 6 nitrogen and oxygen atoms in total. The number of ether oxygens (including phenoxy) is 1. The van der Waals surface area contributed by atoms with Gasteiger partial charge in [-0.15, -0.1) is 13.2 Å². The van der Waals surface area contributed by atoms with Gasteiger partial charge >= 0.3 is 6.36 Å². The van der Waals surface area contributed by atoms with Gasteiger partial charge in [0.25, 0.3) is 15.9 Å². The third-order valence-electron chi connectivity index (χ3n) is 3.85. The highest BCUT2D eigenvalue weighted by Gasteiger charge is 2.31. The number of hydrogen-bond acceptors (Lipinski definition) is 4. The molecule has 3 aromatic rings. The number of carbonyl (C=O) groups excluding carboxylic acids is 1. The van der Waals surface area contributed by atoms with E-state index < -0.39 is 33.9 Å². The molecule has 0 aliphatic heterocycles. The molecule has 162 valence electrons. The molecule has 0 saturated heterocycles. The van der Waals surface area contributed by atoms with E-state index in [0.29, 0.717) is 0 Å². The van der Waals surface area contributed by atoms with E-state index in [4.69, 9.17) is 0 Å². The van der Waals surface area contributed by atoms with E-state index in [1.54, 1.807) is 0 Å². The number of carbonyl (C=O) groups is 1. The highest BCUT2D eigenvalue weighted by atomic mass is 32.2. The summed E-state index contributed by atoms with van der Waals surface area (Å²) in [5.74, 6) is -1.66. The van der Waals surface area contributed by atoms with Gasteiger partial charge < -0.3 is 10.1 Å². The van der Waals surface area contributed by atoms with Crippen LogP contribution in [0, 0.1) is 5.82 Å². The summed E-state index contributed by atoms with van der Waals surface area (Å²) in [6, 6.07) is 14.2. The van der Waals surface area contributed by atoms with Crippen LogP contribution < -0.4 is 14.8 Å². The molecule has 31 heavy (non-hydrogen) atoms. The Morgan fingerprint density at radius 3 is 2.10 bits per heavy atom. The molecule has 3 aromatic carbocycles. The first kappa shape index (κ1) is 22.1. The van der Waals surface area contributed by atoms with Gasteiger partial charge in [0.2, 0.25) is 0 Å². The average Bonchev–Trinajstić information content (AvgIpc) is 2.70. The standard InChI is InChI=1S/C20H14F4N2O4S/c21-14-4-6-16(7-5-14)26-31(28,29)18-3-1-2-13(12-18)19(27)25-15-8-10-17(11-9-15)30-20(22,23)24/h1-12,26H,(H,25,27). The Morgan fingerprint density at radius 2 is 1.48 bits per heavy atom. The van der Waals surface area contributed by atoms with Crippen LogP contribution in [0.25, 0.3) is 0 Å². The zero-order valence-corrected chi connectivity index (χ0v) is 16.3. The van der Waals surface area contributed by atoms with Crippen molar-refractivity contribution in [1.29, 1.82) is 0 Å². The molecule has 1 amide bonds. The maximum absolute atomic E-state index is 13.0. The number of anilines is 2. The lowest BCUT2D eigenvalue weighted by molar-refractivity contribution is -0.274. The molecule has 0 fully saturated rings. The zero-order chi connectivity index (χ0) is 22.6. The Bertz CT molecular complexity index is 1180. The predicted molar refractivity (Wildman–Crippen MR) is 105 cm³/mol. The molecule has 0 saturated carbocycles. The van der Waals surface area contributed by atoms with Gasteiger partial charge in [0, 0.05) is 16.9 Å². The van der Waals surface area contributed by atoms with Gasteiger partial charge in [-0.2, -0.15) is 0 Å². The minimum Gasteiger partial charge on any atom is -0.406 e. The maximum atomic E-state index is 13.0.